The van der Waals surface area contributed by atoms with E-state index >= 15 is 0 Å². The Morgan fingerprint density at radius 1 is 1.29 bits per heavy atom. The van der Waals surface area contributed by atoms with Crippen LogP contribution in [0.5, 0.6) is 5.75 Å². The predicted octanol–water partition coefficient (Wildman–Crippen LogP) is 3.33. The molecular weight excluding hydrogens is 444 g/mol. The molecule has 1 aromatic carbocycles. The molecule has 4 rings (SSSR count). The Morgan fingerprint density at radius 3 is 2.57 bits per heavy atom. The van der Waals surface area contributed by atoms with Gasteiger partial charge in [0.1, 0.15) is 17.7 Å². The van der Waals surface area contributed by atoms with Crippen LogP contribution in [0.4, 0.5) is 0 Å². The Labute approximate surface area is 205 Å². The van der Waals surface area contributed by atoms with Crippen molar-refractivity contribution in [3.05, 3.63) is 46.0 Å². The number of fused-ring (bicyclic) bond motifs is 1. The molecule has 2 aromatic heterocycles. The monoisotopic (exact) mass is 476 g/mol. The minimum Gasteiger partial charge on any atom is -0.493 e. The first kappa shape index (κ1) is 24.6. The summed E-state index contributed by atoms with van der Waals surface area (Å²) < 4.78 is 8.08. The molecule has 0 bridgehead atoms. The van der Waals surface area contributed by atoms with Crippen molar-refractivity contribution >= 4 is 16.9 Å². The second kappa shape index (κ2) is 8.93. The summed E-state index contributed by atoms with van der Waals surface area (Å²) in [6, 6.07) is 4.13. The summed E-state index contributed by atoms with van der Waals surface area (Å²) in [6.45, 7) is 14.0. The second-order valence-electron chi connectivity index (χ2n) is 9.78. The number of aromatic nitrogens is 4. The van der Waals surface area contributed by atoms with Gasteiger partial charge in [0, 0.05) is 30.1 Å². The Kier molecular flexibility index (Phi) is 6.28. The van der Waals surface area contributed by atoms with Crippen LogP contribution in [-0.4, -0.2) is 61.0 Å². The molecule has 184 valence electrons. The van der Waals surface area contributed by atoms with Gasteiger partial charge in [0.25, 0.3) is 5.91 Å². The zero-order valence-electron chi connectivity index (χ0n) is 21.4. The van der Waals surface area contributed by atoms with Gasteiger partial charge in [-0.25, -0.2) is 14.6 Å². The van der Waals surface area contributed by atoms with Gasteiger partial charge in [0.15, 0.2) is 5.65 Å². The van der Waals surface area contributed by atoms with Crippen molar-refractivity contribution in [2.45, 2.75) is 66.0 Å². The fraction of sp³-hybridized carbons (Fsp3) is 0.500. The lowest BCUT2D eigenvalue weighted by atomic mass is 9.82. The lowest BCUT2D eigenvalue weighted by Gasteiger charge is -2.43. The van der Waals surface area contributed by atoms with Crippen LogP contribution in [0.15, 0.2) is 12.4 Å². The Bertz CT molecular complexity index is 1340. The average Bonchev–Trinajstić information content (AvgIpc) is 3.10. The normalized spacial score (nSPS) is 15.1. The smallest absolute Gasteiger partial charge is 0.253 e. The molecule has 1 atom stereocenters. The first-order valence-electron chi connectivity index (χ1n) is 11.9. The molecule has 1 unspecified atom stereocenters. The summed E-state index contributed by atoms with van der Waals surface area (Å²) in [5.74, 6) is 0.276. The molecule has 0 aliphatic carbocycles. The quantitative estimate of drug-likeness (QED) is 0.580. The third-order valence-corrected chi connectivity index (χ3v) is 6.71. The molecule has 1 N–H and O–H groups in total. The topological polar surface area (TPSA) is 117 Å². The molecule has 9 nitrogen and oxygen atoms in total. The van der Waals surface area contributed by atoms with E-state index in [4.69, 9.17) is 9.84 Å². The van der Waals surface area contributed by atoms with Gasteiger partial charge in [0.2, 0.25) is 0 Å². The van der Waals surface area contributed by atoms with Crippen LogP contribution in [-0.2, 0) is 4.79 Å². The van der Waals surface area contributed by atoms with Crippen LogP contribution in [0.25, 0.3) is 11.0 Å². The molecule has 1 saturated heterocycles. The van der Waals surface area contributed by atoms with Crippen molar-refractivity contribution in [2.24, 2.45) is 0 Å². The molecule has 0 spiro atoms. The van der Waals surface area contributed by atoms with Gasteiger partial charge in [-0.3, -0.25) is 4.79 Å². The van der Waals surface area contributed by atoms with Crippen molar-refractivity contribution in [3.8, 4) is 11.8 Å². The van der Waals surface area contributed by atoms with Crippen LogP contribution >= 0.6 is 0 Å². The van der Waals surface area contributed by atoms with Gasteiger partial charge in [0.05, 0.1) is 41.1 Å². The largest absolute Gasteiger partial charge is 0.493 e. The minimum atomic E-state index is -1.43. The van der Waals surface area contributed by atoms with Crippen molar-refractivity contribution in [2.75, 3.05) is 19.7 Å². The maximum Gasteiger partial charge on any atom is 0.253 e. The third-order valence-electron chi connectivity index (χ3n) is 6.71. The predicted molar refractivity (Wildman–Crippen MR) is 131 cm³/mol. The van der Waals surface area contributed by atoms with Gasteiger partial charge in [-0.1, -0.05) is 0 Å². The number of aryl methyl sites for hydroxylation is 3. The Morgan fingerprint density at radius 2 is 1.97 bits per heavy atom. The Balaban J connectivity index is 1.83. The van der Waals surface area contributed by atoms with Gasteiger partial charge >= 0.3 is 0 Å². The number of nitriles is 1. The van der Waals surface area contributed by atoms with Crippen molar-refractivity contribution in [3.63, 3.8) is 0 Å². The number of nitrogens with zero attached hydrogens (tertiary/aromatic N) is 6. The first-order valence-corrected chi connectivity index (χ1v) is 11.9. The zero-order chi connectivity index (χ0) is 25.7. The fourth-order valence-electron chi connectivity index (χ4n) is 4.94. The summed E-state index contributed by atoms with van der Waals surface area (Å²) in [7, 11) is 0. The summed E-state index contributed by atoms with van der Waals surface area (Å²) in [6.07, 6.45) is 1.55. The molecule has 1 fully saturated rings. The van der Waals surface area contributed by atoms with Crippen molar-refractivity contribution < 1.29 is 14.6 Å². The summed E-state index contributed by atoms with van der Waals surface area (Å²) in [5, 5.41) is 25.9. The highest BCUT2D eigenvalue weighted by molar-refractivity contribution is 5.85. The minimum absolute atomic E-state index is 0.0657. The van der Waals surface area contributed by atoms with E-state index in [0.717, 1.165) is 39.1 Å². The van der Waals surface area contributed by atoms with E-state index in [1.807, 2.05) is 45.4 Å². The average molecular weight is 477 g/mol. The number of benzene rings is 1. The van der Waals surface area contributed by atoms with E-state index in [-0.39, 0.29) is 17.9 Å². The van der Waals surface area contributed by atoms with E-state index < -0.39 is 5.60 Å². The van der Waals surface area contributed by atoms with E-state index in [9.17, 15) is 15.2 Å². The molecule has 3 aromatic rings. The number of carbonyl (C=O) groups excluding carboxylic acids is 1. The molecule has 1 aliphatic rings. The van der Waals surface area contributed by atoms with Crippen LogP contribution in [0, 0.1) is 32.1 Å². The van der Waals surface area contributed by atoms with E-state index in [0.29, 0.717) is 31.0 Å². The van der Waals surface area contributed by atoms with Crippen LogP contribution in [0.1, 0.15) is 73.3 Å². The lowest BCUT2D eigenvalue weighted by molar-refractivity contribution is -0.152. The molecule has 0 saturated carbocycles. The molecular formula is C26H32N6O3. The van der Waals surface area contributed by atoms with E-state index in [1.54, 1.807) is 11.2 Å². The molecule has 1 amide bonds. The molecule has 0 radical (unpaired) electrons. The number of hydrogen-bond acceptors (Lipinski definition) is 7. The maximum absolute atomic E-state index is 12.5. The third kappa shape index (κ3) is 4.12. The van der Waals surface area contributed by atoms with E-state index in [2.05, 4.69) is 16.0 Å². The van der Waals surface area contributed by atoms with E-state index in [1.165, 1.54) is 13.8 Å². The number of carbonyl (C=O) groups is 1. The Hall–Kier alpha value is -3.51. The zero-order valence-corrected chi connectivity index (χ0v) is 21.4. The summed E-state index contributed by atoms with van der Waals surface area (Å²) >= 11 is 0. The van der Waals surface area contributed by atoms with Gasteiger partial charge in [-0.2, -0.15) is 10.4 Å². The lowest BCUT2D eigenvalue weighted by Crippen LogP contribution is -2.55. The summed E-state index contributed by atoms with van der Waals surface area (Å²) in [5.41, 5.74) is 4.19. The highest BCUT2D eigenvalue weighted by Crippen LogP contribution is 2.43. The molecule has 9 heteroatoms. The highest BCUT2D eigenvalue weighted by atomic mass is 16.5. The first-order chi connectivity index (χ1) is 16.5. The summed E-state index contributed by atoms with van der Waals surface area (Å²) in [4.78, 5) is 23.0. The number of hydrogen-bond donors (Lipinski definition) is 1. The number of aliphatic hydroxyl groups is 1. The molecule has 1 aliphatic heterocycles. The van der Waals surface area contributed by atoms with Gasteiger partial charge in [-0.05, 0) is 60.1 Å². The fourth-order valence-corrected chi connectivity index (χ4v) is 4.94. The van der Waals surface area contributed by atoms with Crippen molar-refractivity contribution in [1.29, 1.82) is 5.26 Å². The van der Waals surface area contributed by atoms with Crippen LogP contribution < -0.4 is 4.74 Å². The van der Waals surface area contributed by atoms with Crippen LogP contribution in [0.3, 0.4) is 0 Å². The molecule has 35 heavy (non-hydrogen) atoms. The standard InChI is InChI=1S/C26H32N6O3/c1-8-35-23-19(17(5)32-24-21(16(4)30-32)15(3)28-13-29-24)9-14(2)20(10-27)22(23)18-11-31(12-18)25(33)26(6,7)34/h9,13,17-18,34H,8,11-12H2,1-7H3. The van der Waals surface area contributed by atoms with Gasteiger partial charge in [-0.15, -0.1) is 0 Å². The molecule has 3 heterocycles. The highest BCUT2D eigenvalue weighted by Gasteiger charge is 2.41. The maximum atomic E-state index is 12.5. The number of amides is 1. The van der Waals surface area contributed by atoms with Crippen LogP contribution in [0.2, 0.25) is 0 Å². The number of likely N-dealkylation sites (tertiary alicyclic amines) is 1. The number of ether oxygens (including phenoxy) is 1. The number of rotatable bonds is 6. The van der Waals surface area contributed by atoms with Crippen molar-refractivity contribution in [1.82, 2.24) is 24.6 Å². The second-order valence-corrected chi connectivity index (χ2v) is 9.78. The SMILES string of the molecule is CCOc1c(C(C)n2nc(C)c3c(C)ncnc32)cc(C)c(C#N)c1C1CN(C(=O)C(C)(C)O)C1. The van der Waals surface area contributed by atoms with Gasteiger partial charge < -0.3 is 14.7 Å².